The molecule has 2 aromatic heterocycles. The molecule has 0 saturated heterocycles. The second-order valence-electron chi connectivity index (χ2n) is 15.4. The van der Waals surface area contributed by atoms with E-state index in [0.717, 1.165) is 32.1 Å². The van der Waals surface area contributed by atoms with Crippen LogP contribution in [0.15, 0.2) is 35.1 Å². The number of esters is 1. The summed E-state index contributed by atoms with van der Waals surface area (Å²) in [6.07, 6.45) is 4.23. The largest absolute Gasteiger partial charge is 0.446 e. The first kappa shape index (κ1) is 36.9. The number of anilines is 1. The maximum absolute atomic E-state index is 14.6. The van der Waals surface area contributed by atoms with E-state index < -0.39 is 17.6 Å². The summed E-state index contributed by atoms with van der Waals surface area (Å²) < 4.78 is 13.3. The van der Waals surface area contributed by atoms with Crippen LogP contribution in [-0.4, -0.2) is 27.6 Å². The second kappa shape index (κ2) is 14.7. The Balaban J connectivity index is 1.84. The maximum Gasteiger partial charge on any atom is 0.413 e. The van der Waals surface area contributed by atoms with Gasteiger partial charge < -0.3 is 14.5 Å². The summed E-state index contributed by atoms with van der Waals surface area (Å²) in [4.78, 5) is 44.2. The van der Waals surface area contributed by atoms with Crippen LogP contribution in [0.4, 0.5) is 10.6 Å². The number of aromatic amines is 1. The Morgan fingerprint density at radius 1 is 1.02 bits per heavy atom. The summed E-state index contributed by atoms with van der Waals surface area (Å²) in [5.41, 5.74) is 0.325. The highest BCUT2D eigenvalue weighted by Gasteiger charge is 2.50. The number of ether oxygens (including phenoxy) is 2. The van der Waals surface area contributed by atoms with E-state index in [1.807, 2.05) is 6.92 Å². The number of fused-ring (bicyclic) bond motifs is 1. The molecule has 0 radical (unpaired) electrons. The summed E-state index contributed by atoms with van der Waals surface area (Å²) in [7, 11) is 0. The van der Waals surface area contributed by atoms with E-state index in [4.69, 9.17) is 32.7 Å². The van der Waals surface area contributed by atoms with Crippen LogP contribution in [0.3, 0.4) is 0 Å². The van der Waals surface area contributed by atoms with Crippen molar-refractivity contribution >= 4 is 46.7 Å². The number of nitrogens with zero attached hydrogens (tertiary/aromatic N) is 1. The normalized spacial score (nSPS) is 21.0. The van der Waals surface area contributed by atoms with Crippen molar-refractivity contribution in [2.24, 2.45) is 34.5 Å². The lowest BCUT2D eigenvalue weighted by Gasteiger charge is -2.49. The number of benzene rings is 1. The molecule has 47 heavy (non-hydrogen) atoms. The Bertz CT molecular complexity index is 1610. The summed E-state index contributed by atoms with van der Waals surface area (Å²) in [6, 6.07) is 8.19. The first-order valence-electron chi connectivity index (χ1n) is 16.9. The predicted octanol–water partition coefficient (Wildman–Crippen LogP) is 10.4. The third kappa shape index (κ3) is 8.37. The lowest BCUT2D eigenvalue weighted by atomic mass is 9.55. The van der Waals surface area contributed by atoms with Crippen LogP contribution in [0.5, 0.6) is 5.75 Å². The fourth-order valence-corrected chi connectivity index (χ4v) is 7.60. The van der Waals surface area contributed by atoms with Crippen molar-refractivity contribution in [3.05, 3.63) is 50.9 Å². The average Bonchev–Trinajstić information content (AvgIpc) is 3.25. The lowest BCUT2D eigenvalue weighted by Crippen LogP contribution is -2.48. The van der Waals surface area contributed by atoms with Gasteiger partial charge in [0.2, 0.25) is 0 Å². The molecule has 0 bridgehead atoms. The number of aromatic nitrogens is 2. The number of unbranched alkanes of at least 4 members (excludes halogenated alkanes) is 1. The van der Waals surface area contributed by atoms with E-state index in [0.29, 0.717) is 28.5 Å². The minimum atomic E-state index is -0.681. The van der Waals surface area contributed by atoms with Crippen LogP contribution < -0.4 is 15.6 Å². The van der Waals surface area contributed by atoms with Crippen LogP contribution in [0.2, 0.25) is 10.2 Å². The Kier molecular flexibility index (Phi) is 11.5. The molecule has 3 aromatic rings. The lowest BCUT2D eigenvalue weighted by molar-refractivity contribution is -0.152. The summed E-state index contributed by atoms with van der Waals surface area (Å²) in [5.74, 6) is 0.0453. The van der Waals surface area contributed by atoms with Crippen LogP contribution in [0.25, 0.3) is 16.8 Å². The Morgan fingerprint density at radius 2 is 1.62 bits per heavy atom. The molecular weight excluding hydrogens is 637 g/mol. The molecular formula is C37H51Cl2N3O5. The van der Waals surface area contributed by atoms with Gasteiger partial charge in [-0.1, -0.05) is 110 Å². The van der Waals surface area contributed by atoms with Crippen molar-refractivity contribution in [1.29, 1.82) is 0 Å². The highest BCUT2D eigenvalue weighted by molar-refractivity contribution is 6.34. The SMILES string of the molecule is CCCCC(CC)OC(=O)Nc1cc(=O)n2c(Cl)c(-c3ccc(Cl)cc3)c(OC(=O)C3C(C(C)(C)C)CC(C)CC3C(C)(C)C)c2[nH]1. The van der Waals surface area contributed by atoms with Gasteiger partial charge in [-0.25, -0.2) is 9.20 Å². The number of hydrogen-bond acceptors (Lipinski definition) is 5. The Labute approximate surface area is 288 Å². The second-order valence-corrected chi connectivity index (χ2v) is 16.2. The third-order valence-electron chi connectivity index (χ3n) is 9.67. The average molecular weight is 689 g/mol. The van der Waals surface area contributed by atoms with E-state index >= 15 is 0 Å². The smallest absolute Gasteiger partial charge is 0.413 e. The zero-order valence-corrected chi connectivity index (χ0v) is 30.8. The molecule has 2 N–H and O–H groups in total. The maximum atomic E-state index is 14.6. The molecule has 1 saturated carbocycles. The fourth-order valence-electron chi connectivity index (χ4n) is 7.12. The predicted molar refractivity (Wildman–Crippen MR) is 191 cm³/mol. The number of carbonyl (C=O) groups is 2. The van der Waals surface area contributed by atoms with Crippen molar-refractivity contribution < 1.29 is 19.1 Å². The topological polar surface area (TPSA) is 102 Å². The molecule has 3 atom stereocenters. The summed E-state index contributed by atoms with van der Waals surface area (Å²) >= 11 is 13.1. The number of H-pyrrole nitrogens is 1. The van der Waals surface area contributed by atoms with Gasteiger partial charge in [0.05, 0.1) is 11.5 Å². The molecule has 3 unspecified atom stereocenters. The number of hydrogen-bond donors (Lipinski definition) is 2. The van der Waals surface area contributed by atoms with Crippen LogP contribution in [-0.2, 0) is 9.53 Å². The van der Waals surface area contributed by atoms with Gasteiger partial charge in [-0.3, -0.25) is 14.9 Å². The molecule has 8 nitrogen and oxygen atoms in total. The molecule has 1 aliphatic carbocycles. The standard InChI is InChI=1S/C37H51Cl2N3O5/c1-10-12-13-24(11-2)46-35(45)41-27-20-28(43)42-32(39)29(22-14-16-23(38)17-15-22)31(33(42)40-27)47-34(44)30-25(36(4,5)6)18-21(3)19-26(30)37(7,8)9/h14-17,20-21,24-26,30,40H,10-13,18-19H2,1-9H3,(H,41,45). The number of carbonyl (C=O) groups excluding carboxylic acids is 2. The van der Waals surface area contributed by atoms with E-state index in [1.54, 1.807) is 24.3 Å². The Morgan fingerprint density at radius 3 is 2.15 bits per heavy atom. The molecule has 10 heteroatoms. The zero-order chi connectivity index (χ0) is 34.8. The first-order chi connectivity index (χ1) is 22.0. The molecule has 1 aromatic carbocycles. The van der Waals surface area contributed by atoms with E-state index in [1.165, 1.54) is 10.5 Å². The highest BCUT2D eigenvalue weighted by atomic mass is 35.5. The molecule has 2 heterocycles. The van der Waals surface area contributed by atoms with Crippen molar-refractivity contribution in [2.45, 2.75) is 107 Å². The molecule has 0 aliphatic heterocycles. The number of halogens is 2. The highest BCUT2D eigenvalue weighted by Crippen LogP contribution is 2.53. The van der Waals surface area contributed by atoms with Gasteiger partial charge >= 0.3 is 12.1 Å². The van der Waals surface area contributed by atoms with E-state index in [2.05, 4.69) is 65.7 Å². The van der Waals surface area contributed by atoms with Crippen LogP contribution in [0.1, 0.15) is 101 Å². The van der Waals surface area contributed by atoms with Gasteiger partial charge in [-0.15, -0.1) is 0 Å². The molecule has 1 fully saturated rings. The van der Waals surface area contributed by atoms with Crippen molar-refractivity contribution in [1.82, 2.24) is 9.38 Å². The quantitative estimate of drug-likeness (QED) is 0.218. The summed E-state index contributed by atoms with van der Waals surface area (Å²) in [5, 5.41) is 3.26. The fraction of sp³-hybridized carbons (Fsp3) is 0.595. The van der Waals surface area contributed by atoms with Gasteiger partial charge in [-0.2, -0.15) is 0 Å². The van der Waals surface area contributed by atoms with Gasteiger partial charge in [-0.05, 0) is 72.0 Å². The van der Waals surface area contributed by atoms with E-state index in [9.17, 15) is 14.4 Å². The monoisotopic (exact) mass is 687 g/mol. The molecule has 258 valence electrons. The number of rotatable bonds is 9. The third-order valence-corrected chi connectivity index (χ3v) is 10.3. The zero-order valence-electron chi connectivity index (χ0n) is 29.3. The Hall–Kier alpha value is -2.97. The number of amides is 1. The molecule has 1 aliphatic rings. The molecule has 0 spiro atoms. The minimum Gasteiger partial charge on any atom is -0.446 e. The van der Waals surface area contributed by atoms with Crippen LogP contribution in [0, 0.1) is 34.5 Å². The van der Waals surface area contributed by atoms with Gasteiger partial charge in [0.25, 0.3) is 5.56 Å². The minimum absolute atomic E-state index is 0.0663. The number of nitrogens with one attached hydrogen (secondary N) is 2. The molecule has 1 amide bonds. The van der Waals surface area contributed by atoms with Crippen molar-refractivity contribution in [3.63, 3.8) is 0 Å². The van der Waals surface area contributed by atoms with E-state index in [-0.39, 0.29) is 57.1 Å². The van der Waals surface area contributed by atoms with Gasteiger partial charge in [0.15, 0.2) is 11.4 Å². The van der Waals surface area contributed by atoms with Crippen molar-refractivity contribution in [3.8, 4) is 16.9 Å². The molecule has 4 rings (SSSR count). The van der Waals surface area contributed by atoms with Gasteiger partial charge in [0.1, 0.15) is 17.1 Å². The first-order valence-corrected chi connectivity index (χ1v) is 17.6. The van der Waals surface area contributed by atoms with Gasteiger partial charge in [0, 0.05) is 11.1 Å². The summed E-state index contributed by atoms with van der Waals surface area (Å²) in [6.45, 7) is 19.4. The van der Waals surface area contributed by atoms with Crippen LogP contribution >= 0.6 is 23.2 Å². The van der Waals surface area contributed by atoms with Crippen molar-refractivity contribution in [2.75, 3.05) is 5.32 Å².